The van der Waals surface area contributed by atoms with Gasteiger partial charge in [0.1, 0.15) is 6.54 Å². The second-order valence-electron chi connectivity index (χ2n) is 7.75. The van der Waals surface area contributed by atoms with Crippen LogP contribution in [-0.2, 0) is 14.3 Å². The Bertz CT molecular complexity index is 496. The number of hydrogen-bond donors (Lipinski definition) is 2. The second kappa shape index (κ2) is 12.8. The molecule has 0 aromatic rings. The Morgan fingerprint density at radius 1 is 1.21 bits per heavy atom. The van der Waals surface area contributed by atoms with Gasteiger partial charge in [-0.15, -0.1) is 24.0 Å². The number of carbonyl (C=O) groups excluding carboxylic acids is 1. The molecule has 1 amide bonds. The topological polar surface area (TPSA) is 75.2 Å². The van der Waals surface area contributed by atoms with E-state index in [1.54, 1.807) is 19.0 Å². The highest BCUT2D eigenvalue weighted by atomic mass is 127. The molecule has 0 radical (unpaired) electrons. The van der Waals surface area contributed by atoms with Gasteiger partial charge in [0.25, 0.3) is 0 Å². The summed E-state index contributed by atoms with van der Waals surface area (Å²) in [7, 11) is 3.51. The van der Waals surface area contributed by atoms with Crippen LogP contribution in [0.1, 0.15) is 52.4 Å². The highest BCUT2D eigenvalue weighted by Gasteiger charge is 2.56. The Labute approximate surface area is 187 Å². The predicted molar refractivity (Wildman–Crippen MR) is 123 cm³/mol. The van der Waals surface area contributed by atoms with E-state index in [2.05, 4.69) is 22.5 Å². The van der Waals surface area contributed by atoms with E-state index in [1.165, 1.54) is 25.7 Å². The smallest absolute Gasteiger partial charge is 0.243 e. The molecule has 7 nitrogen and oxygen atoms in total. The molecule has 2 unspecified atom stereocenters. The number of halogens is 1. The number of guanidine groups is 1. The van der Waals surface area contributed by atoms with E-state index in [4.69, 9.17) is 9.47 Å². The minimum atomic E-state index is 0. The van der Waals surface area contributed by atoms with Crippen LogP contribution in [0.2, 0.25) is 0 Å². The monoisotopic (exact) mass is 510 g/mol. The molecule has 8 heteroatoms. The molecule has 0 aromatic heterocycles. The Morgan fingerprint density at radius 3 is 2.54 bits per heavy atom. The van der Waals surface area contributed by atoms with Crippen LogP contribution >= 0.6 is 24.0 Å². The molecule has 164 valence electrons. The van der Waals surface area contributed by atoms with E-state index in [0.29, 0.717) is 12.1 Å². The fourth-order valence-corrected chi connectivity index (χ4v) is 4.22. The molecule has 2 aliphatic rings. The fraction of sp³-hybridized carbons (Fsp3) is 0.900. The number of hydrogen-bond acceptors (Lipinski definition) is 4. The third-order valence-corrected chi connectivity index (χ3v) is 5.83. The summed E-state index contributed by atoms with van der Waals surface area (Å²) in [6, 6.07) is 0.365. The number of amides is 1. The van der Waals surface area contributed by atoms with Crippen LogP contribution in [0.25, 0.3) is 0 Å². The van der Waals surface area contributed by atoms with Gasteiger partial charge in [-0.3, -0.25) is 4.79 Å². The van der Waals surface area contributed by atoms with Crippen molar-refractivity contribution in [3.8, 4) is 0 Å². The molecule has 2 atom stereocenters. The highest BCUT2D eigenvalue weighted by molar-refractivity contribution is 14.0. The average Bonchev–Trinajstić information content (AvgIpc) is 3.17. The zero-order valence-corrected chi connectivity index (χ0v) is 20.3. The number of likely N-dealkylation sites (N-methyl/N-ethyl adjacent to an activating group) is 1. The van der Waals surface area contributed by atoms with Crippen LogP contribution in [0.15, 0.2) is 4.99 Å². The molecule has 1 spiro atoms. The van der Waals surface area contributed by atoms with Crippen LogP contribution < -0.4 is 10.6 Å². The van der Waals surface area contributed by atoms with Gasteiger partial charge in [0.2, 0.25) is 5.91 Å². The summed E-state index contributed by atoms with van der Waals surface area (Å²) < 4.78 is 11.4. The second-order valence-corrected chi connectivity index (χ2v) is 7.75. The summed E-state index contributed by atoms with van der Waals surface area (Å²) in [6.07, 6.45) is 7.24. The number of rotatable bonds is 10. The quantitative estimate of drug-likeness (QED) is 0.204. The average molecular weight is 510 g/mol. The minimum Gasteiger partial charge on any atom is -0.382 e. The molecule has 28 heavy (non-hydrogen) atoms. The lowest BCUT2D eigenvalue weighted by atomic mass is 9.60. The molecule has 2 fully saturated rings. The molecule has 0 saturated heterocycles. The largest absolute Gasteiger partial charge is 0.382 e. The van der Waals surface area contributed by atoms with Crippen molar-refractivity contribution in [1.82, 2.24) is 15.5 Å². The van der Waals surface area contributed by atoms with Gasteiger partial charge >= 0.3 is 0 Å². The van der Waals surface area contributed by atoms with Gasteiger partial charge in [-0.2, -0.15) is 0 Å². The van der Waals surface area contributed by atoms with E-state index >= 15 is 0 Å². The van der Waals surface area contributed by atoms with Crippen molar-refractivity contribution in [3.63, 3.8) is 0 Å². The molecule has 2 N–H and O–H groups in total. The van der Waals surface area contributed by atoms with Gasteiger partial charge in [0.05, 0.1) is 6.10 Å². The molecule has 0 heterocycles. The summed E-state index contributed by atoms with van der Waals surface area (Å²) in [5.41, 5.74) is 0.231. The zero-order valence-electron chi connectivity index (χ0n) is 18.0. The van der Waals surface area contributed by atoms with Crippen LogP contribution in [0.5, 0.6) is 0 Å². The maximum Gasteiger partial charge on any atom is 0.243 e. The first-order chi connectivity index (χ1) is 13.0. The van der Waals surface area contributed by atoms with Crippen molar-refractivity contribution < 1.29 is 14.3 Å². The normalized spacial score (nSPS) is 23.1. The molecule has 0 aliphatic heterocycles. The number of nitrogens with one attached hydrogen (secondary N) is 2. The lowest BCUT2D eigenvalue weighted by molar-refractivity contribution is -0.127. The van der Waals surface area contributed by atoms with E-state index < -0.39 is 0 Å². The van der Waals surface area contributed by atoms with Crippen molar-refractivity contribution in [2.24, 2.45) is 10.4 Å². The third kappa shape index (κ3) is 6.73. The van der Waals surface area contributed by atoms with Crippen LogP contribution in [0.4, 0.5) is 0 Å². The summed E-state index contributed by atoms with van der Waals surface area (Å²) in [4.78, 5) is 18.0. The standard InChI is InChI=1S/C20H38N4O3.HI/c1-5-26-13-9-12-21-19(22-15-18(25)24(3)4)23-16-14-17(27-6-2)20(16)10-7-8-11-20;/h16-17H,5-15H2,1-4H3,(H2,21,22,23);1H. The molecular formula is C20H39IN4O3. The molecule has 0 bridgehead atoms. The Balaban J connectivity index is 0.00000392. The van der Waals surface area contributed by atoms with Gasteiger partial charge < -0.3 is 25.0 Å². The maximum absolute atomic E-state index is 11.9. The van der Waals surface area contributed by atoms with Crippen LogP contribution in [0.3, 0.4) is 0 Å². The van der Waals surface area contributed by atoms with Crippen molar-refractivity contribution in [1.29, 1.82) is 0 Å². The lowest BCUT2D eigenvalue weighted by Crippen LogP contribution is -2.65. The predicted octanol–water partition coefficient (Wildman–Crippen LogP) is 2.39. The maximum atomic E-state index is 11.9. The van der Waals surface area contributed by atoms with Crippen LogP contribution in [0, 0.1) is 5.41 Å². The molecule has 2 rings (SSSR count). The Kier molecular flexibility index (Phi) is 11.7. The summed E-state index contributed by atoms with van der Waals surface area (Å²) >= 11 is 0. The lowest BCUT2D eigenvalue weighted by Gasteiger charge is -2.54. The first kappa shape index (κ1) is 25.4. The van der Waals surface area contributed by atoms with E-state index in [0.717, 1.165) is 45.2 Å². The molecule has 0 aromatic carbocycles. The van der Waals surface area contributed by atoms with Crippen molar-refractivity contribution in [2.45, 2.75) is 64.5 Å². The summed E-state index contributed by atoms with van der Waals surface area (Å²) in [6.45, 7) is 7.24. The van der Waals surface area contributed by atoms with Crippen LogP contribution in [-0.4, -0.2) is 75.9 Å². The molecular weight excluding hydrogens is 471 g/mol. The van der Waals surface area contributed by atoms with Crippen molar-refractivity contribution in [3.05, 3.63) is 0 Å². The van der Waals surface area contributed by atoms with Crippen molar-refractivity contribution >= 4 is 35.8 Å². The van der Waals surface area contributed by atoms with E-state index in [1.807, 2.05) is 6.92 Å². The van der Waals surface area contributed by atoms with Gasteiger partial charge in [-0.1, -0.05) is 12.8 Å². The van der Waals surface area contributed by atoms with E-state index in [-0.39, 0.29) is 41.8 Å². The van der Waals surface area contributed by atoms with Gasteiger partial charge in [-0.25, -0.2) is 4.99 Å². The summed E-state index contributed by atoms with van der Waals surface area (Å²) in [5.74, 6) is 0.731. The van der Waals surface area contributed by atoms with Crippen molar-refractivity contribution in [2.75, 3.05) is 47.0 Å². The highest BCUT2D eigenvalue weighted by Crippen LogP contribution is 2.54. The number of nitrogens with zero attached hydrogens (tertiary/aromatic N) is 2. The summed E-state index contributed by atoms with van der Waals surface area (Å²) in [5, 5.41) is 6.98. The number of aliphatic imine (C=N–C) groups is 1. The molecule has 2 saturated carbocycles. The number of ether oxygens (including phenoxy) is 2. The first-order valence-electron chi connectivity index (χ1n) is 10.5. The minimum absolute atomic E-state index is 0. The third-order valence-electron chi connectivity index (χ3n) is 5.83. The number of carbonyl (C=O) groups is 1. The fourth-order valence-electron chi connectivity index (χ4n) is 4.22. The zero-order chi connectivity index (χ0) is 19.7. The Morgan fingerprint density at radius 2 is 1.93 bits per heavy atom. The van der Waals surface area contributed by atoms with Gasteiger partial charge in [0, 0.05) is 51.9 Å². The van der Waals surface area contributed by atoms with Gasteiger partial charge in [0.15, 0.2) is 5.96 Å². The SMILES string of the molecule is CCOCCCNC(=NCC(=O)N(C)C)NC1CC(OCC)C12CCCC2.I. The first-order valence-corrected chi connectivity index (χ1v) is 10.5. The van der Waals surface area contributed by atoms with Gasteiger partial charge in [-0.05, 0) is 39.5 Å². The molecule has 2 aliphatic carbocycles. The Hall–Kier alpha value is -0.610. The van der Waals surface area contributed by atoms with E-state index in [9.17, 15) is 4.79 Å².